The quantitative estimate of drug-likeness (QED) is 0.884. The molecule has 4 heteroatoms. The third-order valence-electron chi connectivity index (χ3n) is 4.65. The number of nitrogens with zero attached hydrogens (tertiary/aromatic N) is 1. The lowest BCUT2D eigenvalue weighted by Crippen LogP contribution is -2.45. The Balaban J connectivity index is 1.64. The van der Waals surface area contributed by atoms with Crippen LogP contribution in [0.1, 0.15) is 34.7 Å². The molecule has 0 saturated heterocycles. The van der Waals surface area contributed by atoms with E-state index in [1.54, 1.807) is 0 Å². The fourth-order valence-electron chi connectivity index (χ4n) is 3.31. The lowest BCUT2D eigenvalue weighted by atomic mass is 9.92. The minimum atomic E-state index is -0.481. The summed E-state index contributed by atoms with van der Waals surface area (Å²) < 4.78 is 0. The molecule has 0 bridgehead atoms. The van der Waals surface area contributed by atoms with E-state index in [0.717, 1.165) is 24.9 Å². The molecule has 0 aliphatic carbocycles. The van der Waals surface area contributed by atoms with Gasteiger partial charge in [0.1, 0.15) is 12.1 Å². The first-order valence-corrected chi connectivity index (χ1v) is 8.74. The van der Waals surface area contributed by atoms with Gasteiger partial charge >= 0.3 is 0 Å². The van der Waals surface area contributed by atoms with Crippen molar-refractivity contribution in [3.63, 3.8) is 0 Å². The SMILES string of the molecule is Cc1ccc2c(c1)CCN[C@@H]2C(=O)N[C@H](C#N)CCc1ccccc1. The molecule has 3 rings (SSSR count). The predicted molar refractivity (Wildman–Crippen MR) is 97.9 cm³/mol. The number of hydrogen-bond donors (Lipinski definition) is 2. The molecule has 0 radical (unpaired) electrons. The second-order valence-electron chi connectivity index (χ2n) is 6.55. The first-order chi connectivity index (χ1) is 12.2. The van der Waals surface area contributed by atoms with Crippen LogP contribution in [-0.4, -0.2) is 18.5 Å². The number of hydrogen-bond acceptors (Lipinski definition) is 3. The number of carbonyl (C=O) groups excluding carboxylic acids is 1. The highest BCUT2D eigenvalue weighted by atomic mass is 16.2. The van der Waals surface area contributed by atoms with Crippen molar-refractivity contribution in [3.8, 4) is 6.07 Å². The Morgan fingerprint density at radius 3 is 2.88 bits per heavy atom. The summed E-state index contributed by atoms with van der Waals surface area (Å²) in [7, 11) is 0. The number of rotatable bonds is 5. The molecular weight excluding hydrogens is 310 g/mol. The van der Waals surface area contributed by atoms with Crippen molar-refractivity contribution >= 4 is 5.91 Å². The highest BCUT2D eigenvalue weighted by Gasteiger charge is 2.27. The van der Waals surface area contributed by atoms with Crippen LogP contribution in [0.15, 0.2) is 48.5 Å². The van der Waals surface area contributed by atoms with Crippen molar-refractivity contribution < 1.29 is 4.79 Å². The van der Waals surface area contributed by atoms with E-state index >= 15 is 0 Å². The lowest BCUT2D eigenvalue weighted by molar-refractivity contribution is -0.123. The second kappa shape index (κ2) is 7.96. The Hall–Kier alpha value is -2.64. The lowest BCUT2D eigenvalue weighted by Gasteiger charge is -2.27. The van der Waals surface area contributed by atoms with Crippen LogP contribution >= 0.6 is 0 Å². The fraction of sp³-hybridized carbons (Fsp3) is 0.333. The van der Waals surface area contributed by atoms with Crippen molar-refractivity contribution in [2.75, 3.05) is 6.54 Å². The molecule has 2 aromatic carbocycles. The van der Waals surface area contributed by atoms with Gasteiger partial charge in [-0.3, -0.25) is 4.79 Å². The van der Waals surface area contributed by atoms with Crippen LogP contribution in [0, 0.1) is 18.3 Å². The van der Waals surface area contributed by atoms with Crippen molar-refractivity contribution in [2.24, 2.45) is 0 Å². The van der Waals surface area contributed by atoms with E-state index < -0.39 is 6.04 Å². The molecule has 1 aliphatic rings. The maximum Gasteiger partial charge on any atom is 0.242 e. The summed E-state index contributed by atoms with van der Waals surface area (Å²) in [4.78, 5) is 12.7. The van der Waals surface area contributed by atoms with Crippen LogP contribution in [0.4, 0.5) is 0 Å². The van der Waals surface area contributed by atoms with Gasteiger partial charge in [-0.25, -0.2) is 0 Å². The molecule has 0 spiro atoms. The summed E-state index contributed by atoms with van der Waals surface area (Å²) in [6, 6.07) is 17.6. The Bertz CT molecular complexity index is 779. The number of benzene rings is 2. The van der Waals surface area contributed by atoms with E-state index in [-0.39, 0.29) is 11.9 Å². The molecule has 2 aromatic rings. The number of fused-ring (bicyclic) bond motifs is 1. The molecule has 128 valence electrons. The molecule has 1 heterocycles. The highest BCUT2D eigenvalue weighted by Crippen LogP contribution is 2.24. The van der Waals surface area contributed by atoms with Gasteiger partial charge in [-0.15, -0.1) is 0 Å². The van der Waals surface area contributed by atoms with Gasteiger partial charge in [-0.2, -0.15) is 5.26 Å². The van der Waals surface area contributed by atoms with E-state index in [1.807, 2.05) is 42.5 Å². The van der Waals surface area contributed by atoms with E-state index in [4.69, 9.17) is 0 Å². The van der Waals surface area contributed by atoms with Crippen LogP contribution in [0.5, 0.6) is 0 Å². The van der Waals surface area contributed by atoms with Gasteiger partial charge in [0.2, 0.25) is 5.91 Å². The largest absolute Gasteiger partial charge is 0.339 e. The first kappa shape index (κ1) is 17.2. The monoisotopic (exact) mass is 333 g/mol. The normalized spacial score (nSPS) is 17.2. The average molecular weight is 333 g/mol. The molecule has 2 N–H and O–H groups in total. The Morgan fingerprint density at radius 2 is 2.12 bits per heavy atom. The number of nitrogens with one attached hydrogen (secondary N) is 2. The number of amides is 1. The van der Waals surface area contributed by atoms with Crippen LogP contribution in [-0.2, 0) is 17.6 Å². The number of aryl methyl sites for hydroxylation is 2. The third-order valence-corrected chi connectivity index (χ3v) is 4.65. The topological polar surface area (TPSA) is 64.9 Å². The van der Waals surface area contributed by atoms with Gasteiger partial charge in [0, 0.05) is 6.54 Å². The van der Waals surface area contributed by atoms with Crippen molar-refractivity contribution in [1.29, 1.82) is 5.26 Å². The van der Waals surface area contributed by atoms with Crippen LogP contribution in [0.2, 0.25) is 0 Å². The second-order valence-corrected chi connectivity index (χ2v) is 6.55. The Morgan fingerprint density at radius 1 is 1.32 bits per heavy atom. The molecular formula is C21H23N3O. The minimum Gasteiger partial charge on any atom is -0.339 e. The fourth-order valence-corrected chi connectivity index (χ4v) is 3.31. The Labute approximate surface area is 148 Å². The maximum absolute atomic E-state index is 12.7. The van der Waals surface area contributed by atoms with Gasteiger partial charge in [0.25, 0.3) is 0 Å². The predicted octanol–water partition coefficient (Wildman–Crippen LogP) is 2.82. The molecule has 25 heavy (non-hydrogen) atoms. The van der Waals surface area contributed by atoms with Crippen molar-refractivity contribution in [1.82, 2.24) is 10.6 Å². The summed E-state index contributed by atoms with van der Waals surface area (Å²) in [6.07, 6.45) is 2.31. The van der Waals surface area contributed by atoms with E-state index in [1.165, 1.54) is 16.7 Å². The van der Waals surface area contributed by atoms with Crippen LogP contribution in [0.3, 0.4) is 0 Å². The van der Waals surface area contributed by atoms with Gasteiger partial charge in [-0.1, -0.05) is 54.1 Å². The summed E-state index contributed by atoms with van der Waals surface area (Å²) in [5.41, 5.74) is 4.62. The highest BCUT2D eigenvalue weighted by molar-refractivity contribution is 5.84. The number of carbonyl (C=O) groups is 1. The smallest absolute Gasteiger partial charge is 0.242 e. The molecule has 0 fully saturated rings. The summed E-state index contributed by atoms with van der Waals surface area (Å²) >= 11 is 0. The minimum absolute atomic E-state index is 0.121. The average Bonchev–Trinajstić information content (AvgIpc) is 2.65. The van der Waals surface area contributed by atoms with Crippen molar-refractivity contribution in [2.45, 2.75) is 38.3 Å². The van der Waals surface area contributed by atoms with E-state index in [2.05, 4.69) is 29.7 Å². The molecule has 2 atom stereocenters. The van der Waals surface area contributed by atoms with E-state index in [0.29, 0.717) is 6.42 Å². The molecule has 0 aromatic heterocycles. The first-order valence-electron chi connectivity index (χ1n) is 8.74. The Kier molecular flexibility index (Phi) is 5.47. The zero-order valence-electron chi connectivity index (χ0n) is 14.5. The zero-order valence-corrected chi connectivity index (χ0v) is 14.5. The van der Waals surface area contributed by atoms with E-state index in [9.17, 15) is 10.1 Å². The third kappa shape index (κ3) is 4.26. The van der Waals surface area contributed by atoms with Crippen LogP contribution in [0.25, 0.3) is 0 Å². The summed E-state index contributed by atoms with van der Waals surface area (Å²) in [5, 5.41) is 15.6. The maximum atomic E-state index is 12.7. The molecule has 0 unspecified atom stereocenters. The summed E-state index contributed by atoms with van der Waals surface area (Å²) in [5.74, 6) is -0.121. The van der Waals surface area contributed by atoms with Gasteiger partial charge in [-0.05, 0) is 42.9 Å². The zero-order chi connectivity index (χ0) is 17.6. The molecule has 1 aliphatic heterocycles. The van der Waals surface area contributed by atoms with Gasteiger partial charge < -0.3 is 10.6 Å². The molecule has 1 amide bonds. The van der Waals surface area contributed by atoms with Gasteiger partial charge in [0.05, 0.1) is 6.07 Å². The molecule has 4 nitrogen and oxygen atoms in total. The summed E-state index contributed by atoms with van der Waals surface area (Å²) in [6.45, 7) is 2.84. The van der Waals surface area contributed by atoms with Crippen LogP contribution < -0.4 is 10.6 Å². The van der Waals surface area contributed by atoms with Gasteiger partial charge in [0.15, 0.2) is 0 Å². The number of nitriles is 1. The standard InChI is InChI=1S/C21H23N3O/c1-15-7-10-19-17(13-15)11-12-23-20(19)21(25)24-18(14-22)9-8-16-5-3-2-4-6-16/h2-7,10,13,18,20,23H,8-9,11-12H2,1H3,(H,24,25)/t18-,20-/m0/s1. The molecule has 0 saturated carbocycles. The van der Waals surface area contributed by atoms with Crippen molar-refractivity contribution in [3.05, 3.63) is 70.8 Å².